The molecule has 1 atom stereocenters. The third kappa shape index (κ3) is 3.01. The summed E-state index contributed by atoms with van der Waals surface area (Å²) in [5.41, 5.74) is 3.94. The molecule has 136 valence electrons. The fourth-order valence-corrected chi connectivity index (χ4v) is 3.38. The summed E-state index contributed by atoms with van der Waals surface area (Å²) in [4.78, 5) is 31.0. The van der Waals surface area contributed by atoms with Crippen molar-refractivity contribution in [1.82, 2.24) is 35.9 Å². The van der Waals surface area contributed by atoms with E-state index in [0.717, 1.165) is 47.5 Å². The van der Waals surface area contributed by atoms with Crippen LogP contribution in [0.1, 0.15) is 50.1 Å². The quantitative estimate of drug-likeness (QED) is 0.622. The highest BCUT2D eigenvalue weighted by atomic mass is 16.4. The molecule has 1 aliphatic rings. The summed E-state index contributed by atoms with van der Waals surface area (Å²) in [6, 6.07) is 4.86. The minimum Gasteiger partial charge on any atom is -0.477 e. The first kappa shape index (κ1) is 16.8. The van der Waals surface area contributed by atoms with Crippen LogP contribution < -0.4 is 5.32 Å². The number of aromatic nitrogens is 6. The summed E-state index contributed by atoms with van der Waals surface area (Å²) in [5, 5.41) is 26.0. The molecule has 0 bridgehead atoms. The summed E-state index contributed by atoms with van der Waals surface area (Å²) < 4.78 is 0. The largest absolute Gasteiger partial charge is 0.477 e. The molecule has 2 aromatic heterocycles. The van der Waals surface area contributed by atoms with E-state index in [2.05, 4.69) is 35.9 Å². The molecule has 27 heavy (non-hydrogen) atoms. The number of aromatic amines is 1. The predicted molar refractivity (Wildman–Crippen MR) is 91.9 cm³/mol. The number of carbonyl (C=O) groups excluding carboxylic acids is 1. The SMILES string of the molecule is Cc1c(-c2nn[nH]n2)ccc2c1CC[C@@H]2NC(=O)c1cc(C(=O)O)ncn1. The third-order valence-corrected chi connectivity index (χ3v) is 4.70. The molecule has 0 radical (unpaired) electrons. The van der Waals surface area contributed by atoms with Gasteiger partial charge in [0.05, 0.1) is 6.04 Å². The normalized spacial score (nSPS) is 15.4. The van der Waals surface area contributed by atoms with Gasteiger partial charge in [0.2, 0.25) is 5.82 Å². The number of aromatic carboxylic acids is 1. The summed E-state index contributed by atoms with van der Waals surface area (Å²) in [7, 11) is 0. The van der Waals surface area contributed by atoms with E-state index in [9.17, 15) is 9.59 Å². The topological polar surface area (TPSA) is 147 Å². The van der Waals surface area contributed by atoms with Crippen molar-refractivity contribution in [2.75, 3.05) is 0 Å². The molecule has 4 rings (SSSR count). The van der Waals surface area contributed by atoms with Crippen molar-refractivity contribution in [3.8, 4) is 11.4 Å². The van der Waals surface area contributed by atoms with Gasteiger partial charge in [0.1, 0.15) is 12.0 Å². The lowest BCUT2D eigenvalue weighted by molar-refractivity contribution is 0.0690. The summed E-state index contributed by atoms with van der Waals surface area (Å²) in [5.74, 6) is -1.11. The molecule has 3 aromatic rings. The number of amides is 1. The van der Waals surface area contributed by atoms with E-state index in [1.807, 2.05) is 19.1 Å². The van der Waals surface area contributed by atoms with Crippen molar-refractivity contribution in [2.45, 2.75) is 25.8 Å². The Morgan fingerprint density at radius 1 is 1.26 bits per heavy atom. The number of carboxylic acid groups (broad SMARTS) is 1. The number of benzene rings is 1. The first-order valence-corrected chi connectivity index (χ1v) is 8.27. The zero-order chi connectivity index (χ0) is 19.0. The zero-order valence-electron chi connectivity index (χ0n) is 14.3. The smallest absolute Gasteiger partial charge is 0.354 e. The number of rotatable bonds is 4. The van der Waals surface area contributed by atoms with Crippen LogP contribution in [-0.2, 0) is 6.42 Å². The van der Waals surface area contributed by atoms with Gasteiger partial charge in [0, 0.05) is 11.6 Å². The zero-order valence-corrected chi connectivity index (χ0v) is 14.3. The molecule has 0 fully saturated rings. The van der Waals surface area contributed by atoms with Crippen molar-refractivity contribution < 1.29 is 14.7 Å². The summed E-state index contributed by atoms with van der Waals surface area (Å²) in [6.07, 6.45) is 2.62. The van der Waals surface area contributed by atoms with Crippen molar-refractivity contribution in [2.24, 2.45) is 0 Å². The molecule has 0 saturated heterocycles. The second-order valence-corrected chi connectivity index (χ2v) is 6.20. The minimum atomic E-state index is -1.21. The maximum atomic E-state index is 12.5. The molecule has 10 nitrogen and oxygen atoms in total. The van der Waals surface area contributed by atoms with Gasteiger partial charge in [-0.3, -0.25) is 4.79 Å². The van der Waals surface area contributed by atoms with Crippen molar-refractivity contribution in [1.29, 1.82) is 0 Å². The van der Waals surface area contributed by atoms with Gasteiger partial charge in [-0.15, -0.1) is 10.2 Å². The van der Waals surface area contributed by atoms with Gasteiger partial charge in [-0.05, 0) is 41.7 Å². The van der Waals surface area contributed by atoms with Crippen LogP contribution in [0.5, 0.6) is 0 Å². The molecule has 0 aliphatic heterocycles. The molecule has 1 aromatic carbocycles. The second kappa shape index (κ2) is 6.56. The van der Waals surface area contributed by atoms with Gasteiger partial charge in [0.15, 0.2) is 5.69 Å². The summed E-state index contributed by atoms with van der Waals surface area (Å²) >= 11 is 0. The fourth-order valence-electron chi connectivity index (χ4n) is 3.38. The molecule has 0 unspecified atom stereocenters. The molecule has 0 saturated carbocycles. The van der Waals surface area contributed by atoms with Crippen LogP contribution >= 0.6 is 0 Å². The number of tetrazole rings is 1. The van der Waals surface area contributed by atoms with Crippen LogP contribution in [0.4, 0.5) is 0 Å². The molecule has 3 N–H and O–H groups in total. The van der Waals surface area contributed by atoms with Crippen LogP contribution in [-0.4, -0.2) is 47.6 Å². The lowest BCUT2D eigenvalue weighted by Crippen LogP contribution is -2.28. The van der Waals surface area contributed by atoms with Gasteiger partial charge >= 0.3 is 5.97 Å². The van der Waals surface area contributed by atoms with Crippen LogP contribution in [0.25, 0.3) is 11.4 Å². The lowest BCUT2D eigenvalue weighted by Gasteiger charge is -2.15. The van der Waals surface area contributed by atoms with E-state index < -0.39 is 11.9 Å². The number of hydrogen-bond donors (Lipinski definition) is 3. The maximum Gasteiger partial charge on any atom is 0.354 e. The van der Waals surface area contributed by atoms with Gasteiger partial charge in [-0.1, -0.05) is 12.1 Å². The lowest BCUT2D eigenvalue weighted by atomic mass is 9.97. The van der Waals surface area contributed by atoms with E-state index in [1.165, 1.54) is 0 Å². The Morgan fingerprint density at radius 3 is 2.81 bits per heavy atom. The molecule has 1 aliphatic carbocycles. The summed E-state index contributed by atoms with van der Waals surface area (Å²) in [6.45, 7) is 2.00. The van der Waals surface area contributed by atoms with E-state index >= 15 is 0 Å². The minimum absolute atomic E-state index is 0.0241. The van der Waals surface area contributed by atoms with Crippen LogP contribution in [0, 0.1) is 6.92 Å². The highest BCUT2D eigenvalue weighted by Crippen LogP contribution is 2.36. The Morgan fingerprint density at radius 2 is 2.07 bits per heavy atom. The van der Waals surface area contributed by atoms with Crippen molar-refractivity contribution in [3.05, 3.63) is 52.6 Å². The number of H-pyrrole nitrogens is 1. The third-order valence-electron chi connectivity index (χ3n) is 4.70. The highest BCUT2D eigenvalue weighted by molar-refractivity contribution is 5.95. The van der Waals surface area contributed by atoms with E-state index in [0.29, 0.717) is 5.82 Å². The molecule has 2 heterocycles. The van der Waals surface area contributed by atoms with E-state index in [4.69, 9.17) is 5.11 Å². The van der Waals surface area contributed by atoms with Crippen molar-refractivity contribution in [3.63, 3.8) is 0 Å². The molecule has 1 amide bonds. The first-order chi connectivity index (χ1) is 13.0. The van der Waals surface area contributed by atoms with E-state index in [-0.39, 0.29) is 17.4 Å². The molecule has 0 spiro atoms. The number of carbonyl (C=O) groups is 2. The number of hydrogen-bond acceptors (Lipinski definition) is 7. The average Bonchev–Trinajstić information content (AvgIpc) is 3.33. The Balaban J connectivity index is 1.58. The van der Waals surface area contributed by atoms with Gasteiger partial charge in [0.25, 0.3) is 5.91 Å². The Labute approximate surface area is 153 Å². The predicted octanol–water partition coefficient (Wildman–Crippen LogP) is 1.08. The molecular weight excluding hydrogens is 350 g/mol. The average molecular weight is 365 g/mol. The molecular formula is C17H15N7O3. The standard InChI is InChI=1S/C17H15N7O3/c1-8-9-4-5-12(11(9)3-2-10(8)15-21-23-24-22-15)20-16(25)13-6-14(17(26)27)19-7-18-13/h2-3,6-7,12H,4-5H2,1H3,(H,20,25)(H,26,27)(H,21,22,23,24)/t12-/m0/s1. The number of nitrogens with zero attached hydrogens (tertiary/aromatic N) is 5. The number of fused-ring (bicyclic) bond motifs is 1. The monoisotopic (exact) mass is 365 g/mol. The number of nitrogens with one attached hydrogen (secondary N) is 2. The fraction of sp³-hybridized carbons (Fsp3) is 0.235. The van der Waals surface area contributed by atoms with Crippen LogP contribution in [0.3, 0.4) is 0 Å². The maximum absolute atomic E-state index is 12.5. The second-order valence-electron chi connectivity index (χ2n) is 6.20. The highest BCUT2D eigenvalue weighted by Gasteiger charge is 2.27. The Bertz CT molecular complexity index is 1030. The Hall–Kier alpha value is -3.69. The van der Waals surface area contributed by atoms with Crippen LogP contribution in [0.15, 0.2) is 24.5 Å². The van der Waals surface area contributed by atoms with Gasteiger partial charge in [-0.2, -0.15) is 5.21 Å². The van der Waals surface area contributed by atoms with Crippen molar-refractivity contribution >= 4 is 11.9 Å². The van der Waals surface area contributed by atoms with Gasteiger partial charge in [-0.25, -0.2) is 14.8 Å². The Kier molecular flexibility index (Phi) is 4.07. The van der Waals surface area contributed by atoms with Crippen LogP contribution in [0.2, 0.25) is 0 Å². The first-order valence-electron chi connectivity index (χ1n) is 8.27. The van der Waals surface area contributed by atoms with Gasteiger partial charge < -0.3 is 10.4 Å². The molecule has 10 heteroatoms. The number of carboxylic acids is 1. The van der Waals surface area contributed by atoms with E-state index in [1.54, 1.807) is 0 Å².